The van der Waals surface area contributed by atoms with E-state index in [4.69, 9.17) is 57.2 Å². The van der Waals surface area contributed by atoms with Gasteiger partial charge in [0, 0.05) is 11.2 Å². The first-order valence-electron chi connectivity index (χ1n) is 3.10. The van der Waals surface area contributed by atoms with Gasteiger partial charge in [-0.05, 0) is 19.6 Å². The molecule has 0 fully saturated rings. The van der Waals surface area contributed by atoms with E-state index in [0.717, 1.165) is 0 Å². The van der Waals surface area contributed by atoms with Crippen LogP contribution in [0.5, 0.6) is 0 Å². The van der Waals surface area contributed by atoms with E-state index in [9.17, 15) is 0 Å². The van der Waals surface area contributed by atoms with Gasteiger partial charge in [-0.15, -0.1) is 5.52 Å². The first-order valence-corrected chi connectivity index (χ1v) is 17.5. The van der Waals surface area contributed by atoms with Crippen molar-refractivity contribution in [1.82, 2.24) is 0 Å². The van der Waals surface area contributed by atoms with Gasteiger partial charge in [-0.2, -0.15) is 0 Å². The van der Waals surface area contributed by atoms with Crippen LogP contribution in [0.25, 0.3) is 5.20 Å². The zero-order chi connectivity index (χ0) is 11.3. The summed E-state index contributed by atoms with van der Waals surface area (Å²) in [5.41, 5.74) is -2.01. The summed E-state index contributed by atoms with van der Waals surface area (Å²) in [5.74, 6) is 5.07. The number of rotatable bonds is 2. The van der Waals surface area contributed by atoms with Crippen molar-refractivity contribution >= 4 is 64.7 Å². The van der Waals surface area contributed by atoms with Gasteiger partial charge >= 0.3 is 42.6 Å². The van der Waals surface area contributed by atoms with E-state index >= 15 is 0 Å². The van der Waals surface area contributed by atoms with Gasteiger partial charge < -0.3 is 23.3 Å². The molecule has 0 spiro atoms. The van der Waals surface area contributed by atoms with Gasteiger partial charge in [0.05, 0.1) is 0 Å². The topological polar surface area (TPSA) is 40.1 Å². The zero-order valence-corrected chi connectivity index (χ0v) is 14.7. The summed E-state index contributed by atoms with van der Waals surface area (Å²) in [6, 6.07) is 0. The molecule has 10 heteroatoms. The molecule has 0 aliphatic heterocycles. The van der Waals surface area contributed by atoms with E-state index in [-0.39, 0.29) is 0 Å². The van der Waals surface area contributed by atoms with Crippen LogP contribution in [0.3, 0.4) is 0 Å². The summed E-state index contributed by atoms with van der Waals surface area (Å²) in [4.78, 5) is 0. The van der Waals surface area contributed by atoms with Crippen LogP contribution in [-0.2, 0) is 26.9 Å². The Hall–Kier alpha value is 2.79. The van der Waals surface area contributed by atoms with Crippen LogP contribution in [0.1, 0.15) is 0 Å². The summed E-state index contributed by atoms with van der Waals surface area (Å²) < 4.78 is 0. The second kappa shape index (κ2) is 7.97. The fourth-order valence-corrected chi connectivity index (χ4v) is 1.56. The van der Waals surface area contributed by atoms with E-state index < -0.39 is 27.9 Å². The third-order valence-corrected chi connectivity index (χ3v) is 18.3. The summed E-state index contributed by atoms with van der Waals surface area (Å²) >= 11 is 9.00. The molecule has 0 radical (unpaired) electrons. The maximum atomic E-state index is 5.89. The molecule has 0 saturated heterocycles. The number of nitrogens with zero attached hydrogens (tertiary/aromatic N) is 1. The molecule has 0 bridgehead atoms. The predicted octanol–water partition coefficient (Wildman–Crippen LogP) is 4.68. The van der Waals surface area contributed by atoms with Crippen LogP contribution < -0.4 is 5.84 Å². The summed E-state index contributed by atoms with van der Waals surface area (Å²) in [6.07, 6.45) is 0. The van der Waals surface area contributed by atoms with Gasteiger partial charge in [0.1, 0.15) is 0 Å². The van der Waals surface area contributed by atoms with Crippen molar-refractivity contribution in [2.75, 3.05) is 0 Å². The van der Waals surface area contributed by atoms with Gasteiger partial charge in [0.2, 0.25) is 7.74 Å². The van der Waals surface area contributed by atoms with Crippen molar-refractivity contribution in [3.8, 4) is 0 Å². The Balaban J connectivity index is 0. The van der Waals surface area contributed by atoms with Crippen LogP contribution in [0, 0.1) is 0 Å². The molecule has 0 aliphatic carbocycles. The van der Waals surface area contributed by atoms with Gasteiger partial charge in [-0.3, -0.25) is 0 Å². The molecule has 0 aromatic rings. The number of nitrogens with two attached hydrogens (primary N) is 1. The summed E-state index contributed by atoms with van der Waals surface area (Å²) in [5, 5.41) is 3.54. The SMILES string of the molecule is C[Si](C)(C)[P+]([S-])(Cl)[N-]N.[Cl][Ti]([Cl])[Cl]. The third-order valence-electron chi connectivity index (χ3n) is 0.976. The fraction of sp³-hybridized carbons (Fsp3) is 1.00. The molecule has 0 amide bonds. The molecule has 13 heavy (non-hydrogen) atoms. The van der Waals surface area contributed by atoms with Gasteiger partial charge in [-0.25, -0.2) is 0 Å². The average molecular weight is 356 g/mol. The van der Waals surface area contributed by atoms with Crippen LogP contribution in [0.2, 0.25) is 19.6 Å². The molecule has 0 heterocycles. The Morgan fingerprint density at radius 1 is 1.31 bits per heavy atom. The second-order valence-electron chi connectivity index (χ2n) is 3.00. The molecule has 0 aromatic heterocycles. The molecule has 2 nitrogen and oxygen atoms in total. The van der Waals surface area contributed by atoms with Crippen LogP contribution >= 0.6 is 44.7 Å². The molecule has 0 saturated carbocycles. The summed E-state index contributed by atoms with van der Waals surface area (Å²) in [7, 11) is 13.4. The second-order valence-corrected chi connectivity index (χ2v) is 27.8. The molecule has 1 unspecified atom stereocenters. The van der Waals surface area contributed by atoms with Crippen molar-refractivity contribution in [3.63, 3.8) is 0 Å². The Kier molecular flexibility index (Phi) is 11.1. The Labute approximate surface area is 109 Å². The number of hydrogen-bond donors (Lipinski definition) is 1. The first kappa shape index (κ1) is 18.2. The van der Waals surface area contributed by atoms with Gasteiger partial charge in [0.25, 0.3) is 0 Å². The van der Waals surface area contributed by atoms with E-state index in [2.05, 4.69) is 24.8 Å². The Bertz CT molecular complexity index is 143. The standard InChI is InChI=1S/C3H11ClN2PSSi.3ClH.Ti/c1-9(2,3)7(4,8)6-5;;;;/h5H2,1-3H3;3*1H;/q-1;;;;+3/p-3. The molecule has 1 atom stereocenters. The van der Waals surface area contributed by atoms with Crippen molar-refractivity contribution in [2.45, 2.75) is 19.6 Å². The maximum absolute atomic E-state index is 5.89. The molecule has 0 rings (SSSR count). The van der Waals surface area contributed by atoms with E-state index in [1.807, 2.05) is 0 Å². The third kappa shape index (κ3) is 11.1. The predicted molar refractivity (Wildman–Crippen MR) is 68.6 cm³/mol. The van der Waals surface area contributed by atoms with Gasteiger partial charge in [-0.1, -0.05) is 0 Å². The molecule has 0 aromatic carbocycles. The number of hydrogen-bond acceptors (Lipinski definition) is 2. The number of halogens is 4. The normalized spacial score (nSPS) is 15.5. The molecule has 2 N–H and O–H groups in total. The van der Waals surface area contributed by atoms with Crippen LogP contribution in [0.4, 0.5) is 0 Å². The van der Waals surface area contributed by atoms with E-state index in [1.54, 1.807) is 0 Å². The quantitative estimate of drug-likeness (QED) is 0.257. The Morgan fingerprint density at radius 2 is 1.54 bits per heavy atom. The fourth-order valence-electron chi connectivity index (χ4n) is 0.173. The minimum absolute atomic E-state index is 1.49. The average Bonchev–Trinajstić information content (AvgIpc) is 1.84. The molecule has 81 valence electrons. The molecular formula is C3H11Cl4N2PSSiTi-. The minimum atomic E-state index is -2.01. The monoisotopic (exact) mass is 354 g/mol. The van der Waals surface area contributed by atoms with Crippen molar-refractivity contribution in [3.05, 3.63) is 5.20 Å². The van der Waals surface area contributed by atoms with Gasteiger partial charge in [0.15, 0.2) is 0 Å². The summed E-state index contributed by atoms with van der Waals surface area (Å²) in [6.45, 7) is 6.24. The van der Waals surface area contributed by atoms with E-state index in [0.29, 0.717) is 0 Å². The van der Waals surface area contributed by atoms with Crippen LogP contribution in [0.15, 0.2) is 0 Å². The molecular weight excluding hydrogens is 345 g/mol. The zero-order valence-electron chi connectivity index (χ0n) is 7.39. The van der Waals surface area contributed by atoms with E-state index in [1.165, 1.54) is 0 Å². The van der Waals surface area contributed by atoms with Crippen LogP contribution in [-0.4, -0.2) is 7.74 Å². The van der Waals surface area contributed by atoms with Crippen molar-refractivity contribution in [2.24, 2.45) is 5.84 Å². The van der Waals surface area contributed by atoms with Crippen molar-refractivity contribution in [1.29, 1.82) is 0 Å². The van der Waals surface area contributed by atoms with Crippen molar-refractivity contribution < 1.29 is 14.7 Å². The Morgan fingerprint density at radius 3 is 1.54 bits per heavy atom. The molecule has 0 aliphatic rings. The first-order chi connectivity index (χ1) is 5.54.